The second-order valence-corrected chi connectivity index (χ2v) is 4.42. The molecule has 0 radical (unpaired) electrons. The van der Waals surface area contributed by atoms with Crippen molar-refractivity contribution in [2.75, 3.05) is 5.88 Å². The maximum absolute atomic E-state index is 5.59. The summed E-state index contributed by atoms with van der Waals surface area (Å²) in [5.41, 5.74) is 10.0. The molecule has 0 atom stereocenters. The van der Waals surface area contributed by atoms with Crippen LogP contribution in [-0.4, -0.2) is 11.7 Å². The van der Waals surface area contributed by atoms with E-state index in [4.69, 9.17) is 17.3 Å². The smallest absolute Gasteiger partial charge is 0.115 e. The van der Waals surface area contributed by atoms with E-state index >= 15 is 0 Å². The number of rotatable bonds is 3. The topological polar surface area (TPSA) is 38.4 Å². The third-order valence-corrected chi connectivity index (χ3v) is 2.90. The summed E-state index contributed by atoms with van der Waals surface area (Å²) in [5, 5.41) is 0. The maximum Gasteiger partial charge on any atom is 0.115 e. The molecule has 2 N–H and O–H groups in total. The van der Waals surface area contributed by atoms with Gasteiger partial charge in [-0.2, -0.15) is 0 Å². The van der Waals surface area contributed by atoms with Gasteiger partial charge >= 0.3 is 0 Å². The number of hydrogen-bond donors (Lipinski definition) is 1. The van der Waals surface area contributed by atoms with Crippen molar-refractivity contribution < 1.29 is 0 Å². The molecule has 0 bridgehead atoms. The van der Waals surface area contributed by atoms with Gasteiger partial charge in [0.2, 0.25) is 0 Å². The first kappa shape index (κ1) is 12.7. The molecule has 0 heterocycles. The number of benzene rings is 2. The highest BCUT2D eigenvalue weighted by atomic mass is 35.5. The van der Waals surface area contributed by atoms with Gasteiger partial charge in [-0.15, -0.1) is 11.6 Å². The molecule has 2 nitrogen and oxygen atoms in total. The number of hydrogen-bond acceptors (Lipinski definition) is 1. The van der Waals surface area contributed by atoms with E-state index in [1.807, 2.05) is 24.3 Å². The number of amidine groups is 1. The quantitative estimate of drug-likeness (QED) is 0.506. The van der Waals surface area contributed by atoms with Gasteiger partial charge in [0.05, 0.1) is 11.6 Å². The van der Waals surface area contributed by atoms with Crippen LogP contribution in [0.1, 0.15) is 5.56 Å². The van der Waals surface area contributed by atoms with Gasteiger partial charge < -0.3 is 5.73 Å². The molecule has 0 saturated heterocycles. The molecule has 0 unspecified atom stereocenters. The largest absolute Gasteiger partial charge is 0.386 e. The Kier molecular flexibility index (Phi) is 4.00. The van der Waals surface area contributed by atoms with Crippen molar-refractivity contribution >= 4 is 23.1 Å². The van der Waals surface area contributed by atoms with Crippen LogP contribution in [0.15, 0.2) is 53.5 Å². The monoisotopic (exact) mass is 258 g/mol. The Morgan fingerprint density at radius 2 is 1.83 bits per heavy atom. The SMILES string of the molecule is Cc1cccc(-c2ccc(N=C(N)CCl)cc2)c1. The predicted molar refractivity (Wildman–Crippen MR) is 78.6 cm³/mol. The summed E-state index contributed by atoms with van der Waals surface area (Å²) in [7, 11) is 0. The fraction of sp³-hybridized carbons (Fsp3) is 0.133. The normalized spacial score (nSPS) is 11.6. The van der Waals surface area contributed by atoms with Gasteiger partial charge in [-0.3, -0.25) is 0 Å². The molecule has 2 aromatic carbocycles. The number of aliphatic imine (C=N–C) groups is 1. The Bertz CT molecular complexity index is 559. The molecule has 0 spiro atoms. The van der Waals surface area contributed by atoms with Gasteiger partial charge in [-0.05, 0) is 30.2 Å². The van der Waals surface area contributed by atoms with Gasteiger partial charge in [0.1, 0.15) is 5.84 Å². The lowest BCUT2D eigenvalue weighted by molar-refractivity contribution is 1.44. The average molecular weight is 259 g/mol. The fourth-order valence-corrected chi connectivity index (χ4v) is 1.81. The number of nitrogens with two attached hydrogens (primary N) is 1. The summed E-state index contributed by atoms with van der Waals surface area (Å²) in [6.07, 6.45) is 0. The fourth-order valence-electron chi connectivity index (χ4n) is 1.75. The van der Waals surface area contributed by atoms with Gasteiger partial charge in [0, 0.05) is 0 Å². The molecular formula is C15H15ClN2. The van der Waals surface area contributed by atoms with Crippen LogP contribution in [0.4, 0.5) is 5.69 Å². The lowest BCUT2D eigenvalue weighted by Crippen LogP contribution is -2.12. The van der Waals surface area contributed by atoms with E-state index in [1.54, 1.807) is 0 Å². The van der Waals surface area contributed by atoms with Crippen LogP contribution < -0.4 is 5.73 Å². The zero-order valence-corrected chi connectivity index (χ0v) is 11.0. The lowest BCUT2D eigenvalue weighted by atomic mass is 10.0. The standard InChI is InChI=1S/C15H15ClN2/c1-11-3-2-4-13(9-11)12-5-7-14(8-6-12)18-15(17)10-16/h2-9H,10H2,1H3,(H2,17,18). The second-order valence-electron chi connectivity index (χ2n) is 4.15. The summed E-state index contributed by atoms with van der Waals surface area (Å²) in [4.78, 5) is 4.19. The zero-order valence-electron chi connectivity index (χ0n) is 10.2. The van der Waals surface area contributed by atoms with Crippen molar-refractivity contribution in [2.24, 2.45) is 10.7 Å². The van der Waals surface area contributed by atoms with E-state index in [2.05, 4.69) is 36.2 Å². The first-order valence-electron chi connectivity index (χ1n) is 5.75. The number of aryl methyl sites for hydroxylation is 1. The minimum absolute atomic E-state index is 0.250. The summed E-state index contributed by atoms with van der Waals surface area (Å²) in [5.74, 6) is 0.680. The van der Waals surface area contributed by atoms with E-state index in [9.17, 15) is 0 Å². The van der Waals surface area contributed by atoms with E-state index in [1.165, 1.54) is 16.7 Å². The number of nitrogens with zero attached hydrogens (tertiary/aromatic N) is 1. The highest BCUT2D eigenvalue weighted by molar-refractivity contribution is 6.28. The third kappa shape index (κ3) is 3.11. The van der Waals surface area contributed by atoms with E-state index in [0.717, 1.165) is 5.69 Å². The Morgan fingerprint density at radius 3 is 2.44 bits per heavy atom. The van der Waals surface area contributed by atoms with Crippen molar-refractivity contribution in [1.29, 1.82) is 0 Å². The van der Waals surface area contributed by atoms with Crippen molar-refractivity contribution in [1.82, 2.24) is 0 Å². The molecule has 2 aromatic rings. The highest BCUT2D eigenvalue weighted by Crippen LogP contribution is 2.23. The van der Waals surface area contributed by atoms with Crippen LogP contribution in [0, 0.1) is 6.92 Å². The van der Waals surface area contributed by atoms with Gasteiger partial charge in [-0.25, -0.2) is 4.99 Å². The molecular weight excluding hydrogens is 244 g/mol. The Hall–Kier alpha value is -1.80. The van der Waals surface area contributed by atoms with E-state index in [-0.39, 0.29) is 5.88 Å². The van der Waals surface area contributed by atoms with Crippen molar-refractivity contribution in [2.45, 2.75) is 6.92 Å². The highest BCUT2D eigenvalue weighted by Gasteiger charge is 1.98. The number of alkyl halides is 1. The van der Waals surface area contributed by atoms with E-state index in [0.29, 0.717) is 5.84 Å². The molecule has 0 aliphatic heterocycles. The van der Waals surface area contributed by atoms with Crippen LogP contribution >= 0.6 is 11.6 Å². The zero-order chi connectivity index (χ0) is 13.0. The minimum Gasteiger partial charge on any atom is -0.386 e. The molecule has 2 rings (SSSR count). The lowest BCUT2D eigenvalue weighted by Gasteiger charge is -2.03. The summed E-state index contributed by atoms with van der Waals surface area (Å²) in [6.45, 7) is 2.09. The molecule has 0 aliphatic rings. The Balaban J connectivity index is 2.28. The second kappa shape index (κ2) is 5.69. The summed E-state index contributed by atoms with van der Waals surface area (Å²) in [6, 6.07) is 16.4. The molecule has 0 saturated carbocycles. The predicted octanol–water partition coefficient (Wildman–Crippen LogP) is 3.89. The molecule has 0 aromatic heterocycles. The van der Waals surface area contributed by atoms with Crippen LogP contribution in [0.2, 0.25) is 0 Å². The van der Waals surface area contributed by atoms with Gasteiger partial charge in [-0.1, -0.05) is 42.0 Å². The van der Waals surface area contributed by atoms with Crippen LogP contribution in [-0.2, 0) is 0 Å². The minimum atomic E-state index is 0.250. The first-order valence-corrected chi connectivity index (χ1v) is 6.28. The van der Waals surface area contributed by atoms with Crippen molar-refractivity contribution in [3.05, 3.63) is 54.1 Å². The molecule has 92 valence electrons. The van der Waals surface area contributed by atoms with Crippen molar-refractivity contribution in [3.8, 4) is 11.1 Å². The Labute approximate surface area is 112 Å². The number of halogens is 1. The molecule has 0 amide bonds. The molecule has 3 heteroatoms. The van der Waals surface area contributed by atoms with Crippen LogP contribution in [0.5, 0.6) is 0 Å². The summed E-state index contributed by atoms with van der Waals surface area (Å²) >= 11 is 5.59. The molecule has 18 heavy (non-hydrogen) atoms. The van der Waals surface area contributed by atoms with Crippen LogP contribution in [0.3, 0.4) is 0 Å². The Morgan fingerprint density at radius 1 is 1.11 bits per heavy atom. The van der Waals surface area contributed by atoms with Gasteiger partial charge in [0.15, 0.2) is 0 Å². The van der Waals surface area contributed by atoms with Crippen molar-refractivity contribution in [3.63, 3.8) is 0 Å². The first-order chi connectivity index (χ1) is 8.69. The third-order valence-electron chi connectivity index (χ3n) is 2.63. The average Bonchev–Trinajstić information content (AvgIpc) is 2.39. The van der Waals surface area contributed by atoms with Crippen LogP contribution in [0.25, 0.3) is 11.1 Å². The summed E-state index contributed by atoms with van der Waals surface area (Å²) < 4.78 is 0. The molecule has 0 fully saturated rings. The maximum atomic E-state index is 5.59. The molecule has 0 aliphatic carbocycles. The van der Waals surface area contributed by atoms with E-state index < -0.39 is 0 Å². The van der Waals surface area contributed by atoms with Gasteiger partial charge in [0.25, 0.3) is 0 Å².